The van der Waals surface area contributed by atoms with Crippen molar-refractivity contribution in [2.75, 3.05) is 18.5 Å². The zero-order valence-corrected chi connectivity index (χ0v) is 16.9. The Labute approximate surface area is 168 Å². The Balaban J connectivity index is 1.78. The van der Waals surface area contributed by atoms with Gasteiger partial charge in [-0.05, 0) is 67.4 Å². The number of esters is 1. The Bertz CT molecular complexity index is 883. The van der Waals surface area contributed by atoms with Gasteiger partial charge in [-0.1, -0.05) is 18.2 Å². The molecule has 2 aromatic carbocycles. The van der Waals surface area contributed by atoms with Gasteiger partial charge in [-0.2, -0.15) is 5.26 Å². The molecule has 0 unspecified atom stereocenters. The molecule has 0 saturated carbocycles. The Morgan fingerprint density at radius 1 is 1.11 bits per heavy atom. The molecule has 146 valence electrons. The zero-order valence-electron chi connectivity index (χ0n) is 16.1. The first-order valence-electron chi connectivity index (χ1n) is 8.71. The van der Waals surface area contributed by atoms with Crippen molar-refractivity contribution in [1.82, 2.24) is 0 Å². The Morgan fingerprint density at radius 2 is 1.79 bits per heavy atom. The van der Waals surface area contributed by atoms with Crippen molar-refractivity contribution in [1.29, 1.82) is 5.26 Å². The second kappa shape index (κ2) is 10.4. The van der Waals surface area contributed by atoms with E-state index in [2.05, 4.69) is 5.32 Å². The molecule has 2 rings (SSSR count). The molecule has 6 nitrogen and oxygen atoms in total. The van der Waals surface area contributed by atoms with Crippen LogP contribution in [-0.4, -0.2) is 25.1 Å². The van der Waals surface area contributed by atoms with Crippen LogP contribution in [0.2, 0.25) is 0 Å². The molecule has 0 aliphatic heterocycles. The Hall–Kier alpha value is -2.98. The minimum atomic E-state index is -0.502. The fourth-order valence-electron chi connectivity index (χ4n) is 2.59. The van der Waals surface area contributed by atoms with Crippen LogP contribution in [0.1, 0.15) is 23.1 Å². The van der Waals surface area contributed by atoms with Crippen LogP contribution in [0, 0.1) is 31.4 Å². The molecular weight excluding hydrogens is 376 g/mol. The topological polar surface area (TPSA) is 88.4 Å². The number of hydrogen-bond acceptors (Lipinski definition) is 6. The lowest BCUT2D eigenvalue weighted by Gasteiger charge is -2.13. The van der Waals surface area contributed by atoms with E-state index < -0.39 is 11.9 Å². The molecule has 28 heavy (non-hydrogen) atoms. The van der Waals surface area contributed by atoms with Gasteiger partial charge in [-0.3, -0.25) is 9.59 Å². The maximum atomic E-state index is 12.1. The van der Waals surface area contributed by atoms with Crippen LogP contribution in [0.15, 0.2) is 41.3 Å². The highest BCUT2D eigenvalue weighted by Crippen LogP contribution is 2.27. The molecule has 2 aromatic rings. The highest BCUT2D eigenvalue weighted by molar-refractivity contribution is 8.03. The minimum absolute atomic E-state index is 0.0553. The SMILES string of the molecule is Cc1ccccc1OCCC(=O)OCC(=O)Nc1c(C)cc(SC#N)cc1C. The molecule has 1 N–H and O–H groups in total. The summed E-state index contributed by atoms with van der Waals surface area (Å²) in [5.41, 5.74) is 3.32. The van der Waals surface area contributed by atoms with E-state index >= 15 is 0 Å². The molecule has 0 aromatic heterocycles. The first kappa shape index (κ1) is 21.3. The van der Waals surface area contributed by atoms with Crippen LogP contribution < -0.4 is 10.1 Å². The number of hydrogen-bond donors (Lipinski definition) is 1. The number of nitriles is 1. The van der Waals surface area contributed by atoms with E-state index in [1.807, 2.05) is 62.6 Å². The van der Waals surface area contributed by atoms with Gasteiger partial charge in [0.1, 0.15) is 11.2 Å². The van der Waals surface area contributed by atoms with Crippen LogP contribution in [0.25, 0.3) is 0 Å². The van der Waals surface area contributed by atoms with Gasteiger partial charge in [0.25, 0.3) is 5.91 Å². The number of carbonyl (C=O) groups is 2. The number of thioether (sulfide) groups is 1. The van der Waals surface area contributed by atoms with Crippen LogP contribution in [-0.2, 0) is 14.3 Å². The van der Waals surface area contributed by atoms with Gasteiger partial charge in [0, 0.05) is 10.6 Å². The third-order valence-corrected chi connectivity index (χ3v) is 4.52. The standard InChI is InChI=1S/C21H22N2O4S/c1-14-6-4-5-7-18(14)26-9-8-20(25)27-12-19(24)23-21-15(2)10-17(28-13-22)11-16(21)3/h4-7,10-11H,8-9,12H2,1-3H3,(H,23,24). The van der Waals surface area contributed by atoms with Crippen LogP contribution in [0.5, 0.6) is 5.75 Å². The maximum Gasteiger partial charge on any atom is 0.309 e. The van der Waals surface area contributed by atoms with Crippen LogP contribution in [0.4, 0.5) is 5.69 Å². The molecule has 0 spiro atoms. The van der Waals surface area contributed by atoms with E-state index in [0.29, 0.717) is 5.69 Å². The second-order valence-electron chi connectivity index (χ2n) is 6.20. The number of carbonyl (C=O) groups excluding carboxylic acids is 2. The molecule has 0 saturated heterocycles. The van der Waals surface area contributed by atoms with Crippen LogP contribution >= 0.6 is 11.8 Å². The Morgan fingerprint density at radius 3 is 2.43 bits per heavy atom. The van der Waals surface area contributed by atoms with E-state index in [-0.39, 0.29) is 19.6 Å². The monoisotopic (exact) mass is 398 g/mol. The first-order chi connectivity index (χ1) is 13.4. The lowest BCUT2D eigenvalue weighted by molar-refractivity contribution is -0.147. The number of para-hydroxylation sites is 1. The molecular formula is C21H22N2O4S. The summed E-state index contributed by atoms with van der Waals surface area (Å²) in [4.78, 5) is 24.7. The minimum Gasteiger partial charge on any atom is -0.493 e. The number of anilines is 1. The van der Waals surface area contributed by atoms with E-state index in [0.717, 1.165) is 39.1 Å². The molecule has 7 heteroatoms. The summed E-state index contributed by atoms with van der Waals surface area (Å²) >= 11 is 1.06. The predicted molar refractivity (Wildman–Crippen MR) is 108 cm³/mol. The van der Waals surface area contributed by atoms with Crippen molar-refractivity contribution in [2.24, 2.45) is 0 Å². The number of benzene rings is 2. The number of aryl methyl sites for hydroxylation is 3. The van der Waals surface area contributed by atoms with Gasteiger partial charge >= 0.3 is 5.97 Å². The van der Waals surface area contributed by atoms with E-state index in [9.17, 15) is 9.59 Å². The highest BCUT2D eigenvalue weighted by Gasteiger charge is 2.12. The summed E-state index contributed by atoms with van der Waals surface area (Å²) in [5, 5.41) is 13.5. The van der Waals surface area contributed by atoms with Gasteiger partial charge in [-0.25, -0.2) is 0 Å². The Kier molecular flexibility index (Phi) is 7.90. The smallest absolute Gasteiger partial charge is 0.309 e. The van der Waals surface area contributed by atoms with Gasteiger partial charge in [0.2, 0.25) is 0 Å². The molecule has 0 aliphatic rings. The van der Waals surface area contributed by atoms with E-state index in [1.54, 1.807) is 0 Å². The number of nitrogens with zero attached hydrogens (tertiary/aromatic N) is 1. The summed E-state index contributed by atoms with van der Waals surface area (Å²) in [6.07, 6.45) is 0.0553. The molecule has 0 radical (unpaired) electrons. The molecule has 0 aliphatic carbocycles. The molecule has 0 heterocycles. The van der Waals surface area contributed by atoms with E-state index in [1.165, 1.54) is 0 Å². The second-order valence-corrected chi connectivity index (χ2v) is 7.06. The van der Waals surface area contributed by atoms with E-state index in [4.69, 9.17) is 14.7 Å². The van der Waals surface area contributed by atoms with Gasteiger partial charge in [0.05, 0.1) is 13.0 Å². The first-order valence-corrected chi connectivity index (χ1v) is 9.53. The van der Waals surface area contributed by atoms with Gasteiger partial charge < -0.3 is 14.8 Å². The van der Waals surface area contributed by atoms with Gasteiger partial charge in [0.15, 0.2) is 6.61 Å². The van der Waals surface area contributed by atoms with Gasteiger partial charge in [-0.15, -0.1) is 0 Å². The van der Waals surface area contributed by atoms with Crippen molar-refractivity contribution < 1.29 is 19.1 Å². The third-order valence-electron chi connectivity index (χ3n) is 3.96. The number of ether oxygens (including phenoxy) is 2. The summed E-state index contributed by atoms with van der Waals surface area (Å²) in [7, 11) is 0. The van der Waals surface area contributed by atoms with Crippen molar-refractivity contribution in [3.8, 4) is 11.2 Å². The highest BCUT2D eigenvalue weighted by atomic mass is 32.2. The largest absolute Gasteiger partial charge is 0.493 e. The number of nitrogens with one attached hydrogen (secondary N) is 1. The molecule has 0 fully saturated rings. The normalized spacial score (nSPS) is 10.1. The predicted octanol–water partition coefficient (Wildman–Crippen LogP) is 4.14. The van der Waals surface area contributed by atoms with Crippen molar-refractivity contribution in [3.05, 3.63) is 53.1 Å². The fraction of sp³-hybridized carbons (Fsp3) is 0.286. The molecule has 1 amide bonds. The van der Waals surface area contributed by atoms with Crippen LogP contribution in [0.3, 0.4) is 0 Å². The van der Waals surface area contributed by atoms with Crippen molar-refractivity contribution >= 4 is 29.3 Å². The summed E-state index contributed by atoms with van der Waals surface area (Å²) in [6, 6.07) is 11.2. The molecule has 0 bridgehead atoms. The fourth-order valence-corrected chi connectivity index (χ4v) is 3.17. The summed E-state index contributed by atoms with van der Waals surface area (Å²) in [5.74, 6) is -0.199. The average molecular weight is 398 g/mol. The maximum absolute atomic E-state index is 12.1. The number of rotatable bonds is 8. The van der Waals surface area contributed by atoms with Crippen molar-refractivity contribution in [2.45, 2.75) is 32.1 Å². The summed E-state index contributed by atoms with van der Waals surface area (Å²) < 4.78 is 10.6. The zero-order chi connectivity index (χ0) is 20.5. The summed E-state index contributed by atoms with van der Waals surface area (Å²) in [6.45, 7) is 5.43. The third kappa shape index (κ3) is 6.32. The van der Waals surface area contributed by atoms with Crippen molar-refractivity contribution in [3.63, 3.8) is 0 Å². The average Bonchev–Trinajstić information content (AvgIpc) is 2.65. The number of amides is 1. The quantitative estimate of drug-likeness (QED) is 0.408. The lowest BCUT2D eigenvalue weighted by Crippen LogP contribution is -2.22. The number of thiocyanates is 1. The molecule has 0 atom stereocenters. The lowest BCUT2D eigenvalue weighted by atomic mass is 10.1.